The average molecular weight is 193 g/mol. The van der Waals surface area contributed by atoms with Crippen LogP contribution in [-0.2, 0) is 13.0 Å². The van der Waals surface area contributed by atoms with E-state index in [0.29, 0.717) is 12.6 Å². The highest BCUT2D eigenvalue weighted by Gasteiger charge is 2.20. The molecule has 0 unspecified atom stereocenters. The Bertz CT molecular complexity index is 297. The third-order valence-corrected chi connectivity index (χ3v) is 3.21. The van der Waals surface area contributed by atoms with E-state index in [0.717, 1.165) is 6.42 Å². The van der Waals surface area contributed by atoms with Gasteiger partial charge in [-0.05, 0) is 19.3 Å². The molecule has 0 aromatic carbocycles. The van der Waals surface area contributed by atoms with Gasteiger partial charge in [0.15, 0.2) is 0 Å². The molecular formula is C11H19N3. The zero-order valence-electron chi connectivity index (χ0n) is 8.87. The van der Waals surface area contributed by atoms with Gasteiger partial charge in [-0.2, -0.15) is 5.10 Å². The molecule has 1 aromatic heterocycles. The van der Waals surface area contributed by atoms with Gasteiger partial charge in [0.1, 0.15) is 0 Å². The van der Waals surface area contributed by atoms with E-state index in [-0.39, 0.29) is 0 Å². The monoisotopic (exact) mass is 193 g/mol. The van der Waals surface area contributed by atoms with Crippen LogP contribution in [0, 0.1) is 0 Å². The van der Waals surface area contributed by atoms with Crippen LogP contribution in [0.5, 0.6) is 0 Å². The minimum atomic E-state index is 0.621. The van der Waals surface area contributed by atoms with Crippen LogP contribution < -0.4 is 5.73 Å². The van der Waals surface area contributed by atoms with Crippen LogP contribution in [0.3, 0.4) is 0 Å². The third kappa shape index (κ3) is 1.57. The lowest BCUT2D eigenvalue weighted by molar-refractivity contribution is 0.450. The van der Waals surface area contributed by atoms with Crippen LogP contribution in [0.1, 0.15) is 49.9 Å². The standard InChI is InChI=1S/C11H19N3/c1-2-11-9(7-12)8-13-14(11)10-5-3-4-6-10/h8,10H,2-7,12H2,1H3. The van der Waals surface area contributed by atoms with Gasteiger partial charge in [-0.3, -0.25) is 4.68 Å². The van der Waals surface area contributed by atoms with Crippen LogP contribution in [0.15, 0.2) is 6.20 Å². The second-order valence-electron chi connectivity index (χ2n) is 4.06. The number of rotatable bonds is 3. The van der Waals surface area contributed by atoms with E-state index < -0.39 is 0 Å². The van der Waals surface area contributed by atoms with E-state index in [4.69, 9.17) is 5.73 Å². The molecule has 2 N–H and O–H groups in total. The molecule has 0 radical (unpaired) electrons. The van der Waals surface area contributed by atoms with Gasteiger partial charge in [0.05, 0.1) is 12.2 Å². The Morgan fingerprint density at radius 1 is 1.50 bits per heavy atom. The Morgan fingerprint density at radius 3 is 2.79 bits per heavy atom. The van der Waals surface area contributed by atoms with E-state index >= 15 is 0 Å². The fraction of sp³-hybridized carbons (Fsp3) is 0.727. The van der Waals surface area contributed by atoms with Crippen molar-refractivity contribution in [3.05, 3.63) is 17.5 Å². The molecule has 0 bridgehead atoms. The molecule has 3 heteroatoms. The highest BCUT2D eigenvalue weighted by atomic mass is 15.3. The van der Waals surface area contributed by atoms with E-state index in [1.54, 1.807) is 0 Å². The van der Waals surface area contributed by atoms with Gasteiger partial charge in [0.25, 0.3) is 0 Å². The summed E-state index contributed by atoms with van der Waals surface area (Å²) in [5.74, 6) is 0. The SMILES string of the molecule is CCc1c(CN)cnn1C1CCCC1. The number of nitrogens with two attached hydrogens (primary N) is 1. The van der Waals surface area contributed by atoms with E-state index in [2.05, 4.69) is 16.7 Å². The van der Waals surface area contributed by atoms with Crippen LogP contribution >= 0.6 is 0 Å². The van der Waals surface area contributed by atoms with Crippen molar-refractivity contribution in [1.82, 2.24) is 9.78 Å². The Balaban J connectivity index is 2.27. The molecule has 78 valence electrons. The average Bonchev–Trinajstić information content (AvgIpc) is 2.85. The highest BCUT2D eigenvalue weighted by Crippen LogP contribution is 2.30. The molecule has 3 nitrogen and oxygen atoms in total. The summed E-state index contributed by atoms with van der Waals surface area (Å²) in [7, 11) is 0. The van der Waals surface area contributed by atoms with Crippen LogP contribution in [0.2, 0.25) is 0 Å². The molecule has 0 spiro atoms. The van der Waals surface area contributed by atoms with E-state index in [1.807, 2.05) is 6.20 Å². The summed E-state index contributed by atoms with van der Waals surface area (Å²) in [6.07, 6.45) is 8.27. The van der Waals surface area contributed by atoms with Crippen molar-refractivity contribution in [2.75, 3.05) is 0 Å². The number of hydrogen-bond acceptors (Lipinski definition) is 2. The predicted octanol–water partition coefficient (Wildman–Crippen LogP) is 2.02. The van der Waals surface area contributed by atoms with Crippen molar-refractivity contribution in [2.24, 2.45) is 5.73 Å². The lowest BCUT2D eigenvalue weighted by Gasteiger charge is -2.13. The summed E-state index contributed by atoms with van der Waals surface area (Å²) in [5.41, 5.74) is 8.25. The lowest BCUT2D eigenvalue weighted by Crippen LogP contribution is -2.11. The first-order chi connectivity index (χ1) is 6.86. The maximum absolute atomic E-state index is 5.68. The van der Waals surface area contributed by atoms with Gasteiger partial charge >= 0.3 is 0 Å². The zero-order chi connectivity index (χ0) is 9.97. The maximum atomic E-state index is 5.68. The molecule has 0 atom stereocenters. The molecule has 0 saturated heterocycles. The molecule has 1 aliphatic carbocycles. The molecule has 1 aromatic rings. The van der Waals surface area contributed by atoms with Gasteiger partial charge in [-0.15, -0.1) is 0 Å². The molecule has 1 heterocycles. The summed E-state index contributed by atoms with van der Waals surface area (Å²) in [6, 6.07) is 0.644. The van der Waals surface area contributed by atoms with Crippen LogP contribution in [0.25, 0.3) is 0 Å². The molecule has 0 amide bonds. The summed E-state index contributed by atoms with van der Waals surface area (Å²) < 4.78 is 2.22. The van der Waals surface area contributed by atoms with Gasteiger partial charge < -0.3 is 5.73 Å². The summed E-state index contributed by atoms with van der Waals surface area (Å²) in [4.78, 5) is 0. The predicted molar refractivity (Wildman–Crippen MR) is 57.0 cm³/mol. The second-order valence-corrected chi connectivity index (χ2v) is 4.06. The first-order valence-electron chi connectivity index (χ1n) is 5.62. The summed E-state index contributed by atoms with van der Waals surface area (Å²) in [6.45, 7) is 2.80. The number of hydrogen-bond donors (Lipinski definition) is 1. The molecule has 0 aliphatic heterocycles. The summed E-state index contributed by atoms with van der Waals surface area (Å²) >= 11 is 0. The Labute approximate surface area is 85.3 Å². The molecule has 2 rings (SSSR count). The number of aromatic nitrogens is 2. The van der Waals surface area contributed by atoms with Crippen molar-refractivity contribution in [3.63, 3.8) is 0 Å². The van der Waals surface area contributed by atoms with Gasteiger partial charge in [-0.25, -0.2) is 0 Å². The molecule has 1 saturated carbocycles. The van der Waals surface area contributed by atoms with Crippen molar-refractivity contribution in [2.45, 2.75) is 51.6 Å². The van der Waals surface area contributed by atoms with E-state index in [9.17, 15) is 0 Å². The van der Waals surface area contributed by atoms with Crippen LogP contribution in [0.4, 0.5) is 0 Å². The topological polar surface area (TPSA) is 43.8 Å². The minimum Gasteiger partial charge on any atom is -0.326 e. The lowest BCUT2D eigenvalue weighted by atomic mass is 10.2. The van der Waals surface area contributed by atoms with Gasteiger partial charge in [0.2, 0.25) is 0 Å². The number of nitrogens with zero attached hydrogens (tertiary/aromatic N) is 2. The Kier molecular flexibility index (Phi) is 2.87. The molecule has 1 fully saturated rings. The van der Waals surface area contributed by atoms with E-state index in [1.165, 1.54) is 36.9 Å². The maximum Gasteiger partial charge on any atom is 0.0537 e. The first-order valence-corrected chi connectivity index (χ1v) is 5.62. The third-order valence-electron chi connectivity index (χ3n) is 3.21. The quantitative estimate of drug-likeness (QED) is 0.798. The van der Waals surface area contributed by atoms with Crippen molar-refractivity contribution < 1.29 is 0 Å². The van der Waals surface area contributed by atoms with Gasteiger partial charge in [0, 0.05) is 17.8 Å². The van der Waals surface area contributed by atoms with Crippen molar-refractivity contribution in [3.8, 4) is 0 Å². The molecular weight excluding hydrogens is 174 g/mol. The van der Waals surface area contributed by atoms with Gasteiger partial charge in [-0.1, -0.05) is 19.8 Å². The highest BCUT2D eigenvalue weighted by molar-refractivity contribution is 5.18. The summed E-state index contributed by atoms with van der Waals surface area (Å²) in [5, 5.41) is 4.48. The zero-order valence-corrected chi connectivity index (χ0v) is 8.87. The first kappa shape index (κ1) is 9.71. The fourth-order valence-electron chi connectivity index (χ4n) is 2.45. The normalized spacial score (nSPS) is 17.9. The molecule has 1 aliphatic rings. The van der Waals surface area contributed by atoms with Crippen molar-refractivity contribution >= 4 is 0 Å². The second kappa shape index (κ2) is 4.13. The smallest absolute Gasteiger partial charge is 0.0537 e. The van der Waals surface area contributed by atoms with Crippen molar-refractivity contribution in [1.29, 1.82) is 0 Å². The largest absolute Gasteiger partial charge is 0.326 e. The Hall–Kier alpha value is -0.830. The van der Waals surface area contributed by atoms with Crippen LogP contribution in [-0.4, -0.2) is 9.78 Å². The Morgan fingerprint density at radius 2 is 2.21 bits per heavy atom. The minimum absolute atomic E-state index is 0.621. The molecule has 14 heavy (non-hydrogen) atoms. The fourth-order valence-corrected chi connectivity index (χ4v) is 2.45.